The van der Waals surface area contributed by atoms with E-state index in [-0.39, 0.29) is 0 Å². The van der Waals surface area contributed by atoms with Crippen molar-refractivity contribution in [3.05, 3.63) is 26.2 Å². The molecule has 2 aliphatic heterocycles. The summed E-state index contributed by atoms with van der Waals surface area (Å²) in [5.41, 5.74) is 1.39. The number of fused-ring (bicyclic) bond motifs is 1. The summed E-state index contributed by atoms with van der Waals surface area (Å²) in [4.78, 5) is 5.21. The maximum atomic E-state index is 3.58. The van der Waals surface area contributed by atoms with Gasteiger partial charge in [0.25, 0.3) is 0 Å². The quantitative estimate of drug-likeness (QED) is 0.660. The predicted octanol–water partition coefficient (Wildman–Crippen LogP) is 3.34. The van der Waals surface area contributed by atoms with Gasteiger partial charge in [0.15, 0.2) is 0 Å². The summed E-state index contributed by atoms with van der Waals surface area (Å²) in [7, 11) is 0. The van der Waals surface area contributed by atoms with Crippen LogP contribution in [0.25, 0.3) is 0 Å². The van der Waals surface area contributed by atoms with Crippen LogP contribution in [0.2, 0.25) is 0 Å². The minimum absolute atomic E-state index is 0.790. The minimum atomic E-state index is 0.790. The van der Waals surface area contributed by atoms with Crippen LogP contribution in [0.1, 0.15) is 12.8 Å². The zero-order valence-corrected chi connectivity index (χ0v) is 13.4. The molecule has 2 saturated heterocycles. The molecule has 1 aromatic rings. The van der Waals surface area contributed by atoms with Crippen molar-refractivity contribution in [2.45, 2.75) is 18.9 Å². The standard InChI is InChI=1S/C13H16BrIN2/c14-10-3-4-12(15)13(8-10)17-7-6-16-5-1-2-11(16)9-17/h3-4,8,11H,1-2,5-7,9H2. The fraction of sp³-hybridized carbons (Fsp3) is 0.538. The van der Waals surface area contributed by atoms with E-state index in [2.05, 4.69) is 66.5 Å². The summed E-state index contributed by atoms with van der Waals surface area (Å²) in [6.45, 7) is 4.91. The molecule has 1 unspecified atom stereocenters. The molecule has 1 aromatic carbocycles. The molecule has 0 spiro atoms. The van der Waals surface area contributed by atoms with Crippen LogP contribution in [0.3, 0.4) is 0 Å². The van der Waals surface area contributed by atoms with Gasteiger partial charge in [-0.05, 0) is 60.2 Å². The van der Waals surface area contributed by atoms with Gasteiger partial charge in [0.05, 0.1) is 5.69 Å². The van der Waals surface area contributed by atoms with Gasteiger partial charge in [-0.1, -0.05) is 15.9 Å². The van der Waals surface area contributed by atoms with Crippen molar-refractivity contribution in [3.63, 3.8) is 0 Å². The van der Waals surface area contributed by atoms with Crippen LogP contribution in [0.5, 0.6) is 0 Å². The molecule has 2 nitrogen and oxygen atoms in total. The van der Waals surface area contributed by atoms with E-state index in [4.69, 9.17) is 0 Å². The first-order valence-electron chi connectivity index (χ1n) is 6.18. The van der Waals surface area contributed by atoms with Crippen LogP contribution in [0.4, 0.5) is 5.69 Å². The lowest BCUT2D eigenvalue weighted by molar-refractivity contribution is 0.231. The third-order valence-electron chi connectivity index (χ3n) is 3.84. The average molecular weight is 407 g/mol. The predicted molar refractivity (Wildman–Crippen MR) is 83.7 cm³/mol. The van der Waals surface area contributed by atoms with E-state index >= 15 is 0 Å². The molecule has 0 aliphatic carbocycles. The van der Waals surface area contributed by atoms with Gasteiger partial charge in [0.1, 0.15) is 0 Å². The molecule has 1 atom stereocenters. The molecule has 92 valence electrons. The summed E-state index contributed by atoms with van der Waals surface area (Å²) < 4.78 is 2.54. The SMILES string of the molecule is Brc1ccc(I)c(N2CCN3CCCC3C2)c1. The van der Waals surface area contributed by atoms with Gasteiger partial charge < -0.3 is 4.90 Å². The van der Waals surface area contributed by atoms with Crippen LogP contribution in [-0.4, -0.2) is 37.1 Å². The van der Waals surface area contributed by atoms with Crippen LogP contribution in [0, 0.1) is 3.57 Å². The Labute approximate surface area is 125 Å². The largest absolute Gasteiger partial charge is 0.368 e. The highest BCUT2D eigenvalue weighted by atomic mass is 127. The van der Waals surface area contributed by atoms with Crippen molar-refractivity contribution in [2.24, 2.45) is 0 Å². The zero-order valence-electron chi connectivity index (χ0n) is 9.70. The van der Waals surface area contributed by atoms with Gasteiger partial charge in [-0.15, -0.1) is 0 Å². The maximum Gasteiger partial charge on any atom is 0.0514 e. The first kappa shape index (κ1) is 12.2. The molecule has 0 radical (unpaired) electrons. The Balaban J connectivity index is 1.82. The van der Waals surface area contributed by atoms with E-state index in [1.165, 1.54) is 52.8 Å². The molecule has 3 rings (SSSR count). The molecule has 0 aromatic heterocycles. The smallest absolute Gasteiger partial charge is 0.0514 e. The first-order chi connectivity index (χ1) is 8.24. The van der Waals surface area contributed by atoms with E-state index in [9.17, 15) is 0 Å². The molecular weight excluding hydrogens is 391 g/mol. The average Bonchev–Trinajstić information content (AvgIpc) is 2.79. The molecular formula is C13H16BrIN2. The van der Waals surface area contributed by atoms with Gasteiger partial charge in [-0.25, -0.2) is 0 Å². The Morgan fingerprint density at radius 2 is 2.12 bits per heavy atom. The van der Waals surface area contributed by atoms with E-state index in [0.29, 0.717) is 0 Å². The number of anilines is 1. The van der Waals surface area contributed by atoms with Gasteiger partial charge >= 0.3 is 0 Å². The number of halogens is 2. The van der Waals surface area contributed by atoms with Crippen molar-refractivity contribution in [3.8, 4) is 0 Å². The highest BCUT2D eigenvalue weighted by Crippen LogP contribution is 2.30. The van der Waals surface area contributed by atoms with Gasteiger partial charge in [0.2, 0.25) is 0 Å². The Morgan fingerprint density at radius 3 is 3.00 bits per heavy atom. The van der Waals surface area contributed by atoms with Crippen LogP contribution in [0.15, 0.2) is 22.7 Å². The van der Waals surface area contributed by atoms with Crippen LogP contribution >= 0.6 is 38.5 Å². The summed E-state index contributed by atoms with van der Waals surface area (Å²) in [5, 5.41) is 0. The second kappa shape index (κ2) is 5.05. The highest BCUT2D eigenvalue weighted by Gasteiger charge is 2.31. The van der Waals surface area contributed by atoms with E-state index in [0.717, 1.165) is 6.04 Å². The summed E-state index contributed by atoms with van der Waals surface area (Å²) >= 11 is 6.02. The van der Waals surface area contributed by atoms with Crippen LogP contribution < -0.4 is 4.90 Å². The molecule has 0 N–H and O–H groups in total. The Morgan fingerprint density at radius 1 is 1.24 bits per heavy atom. The molecule has 2 heterocycles. The number of nitrogens with zero attached hydrogens (tertiary/aromatic N) is 2. The molecule has 2 aliphatic rings. The monoisotopic (exact) mass is 406 g/mol. The molecule has 0 bridgehead atoms. The highest BCUT2D eigenvalue weighted by molar-refractivity contribution is 14.1. The first-order valence-corrected chi connectivity index (χ1v) is 8.05. The lowest BCUT2D eigenvalue weighted by atomic mass is 10.1. The Bertz CT molecular complexity index is 424. The second-order valence-corrected chi connectivity index (χ2v) is 6.95. The molecule has 0 amide bonds. The van der Waals surface area contributed by atoms with Crippen molar-refractivity contribution in [1.29, 1.82) is 0 Å². The Hall–Kier alpha value is 0.190. The third-order valence-corrected chi connectivity index (χ3v) is 5.24. The summed E-state index contributed by atoms with van der Waals surface area (Å²) in [6, 6.07) is 7.36. The van der Waals surface area contributed by atoms with Crippen molar-refractivity contribution in [1.82, 2.24) is 4.90 Å². The molecule has 2 fully saturated rings. The lowest BCUT2D eigenvalue weighted by Crippen LogP contribution is -2.50. The van der Waals surface area contributed by atoms with Gasteiger partial charge in [0, 0.05) is 33.7 Å². The van der Waals surface area contributed by atoms with Gasteiger partial charge in [-0.2, -0.15) is 0 Å². The molecule has 17 heavy (non-hydrogen) atoms. The minimum Gasteiger partial charge on any atom is -0.368 e. The zero-order chi connectivity index (χ0) is 11.8. The number of hydrogen-bond acceptors (Lipinski definition) is 2. The fourth-order valence-electron chi connectivity index (χ4n) is 2.94. The normalized spacial score (nSPS) is 25.1. The fourth-order valence-corrected chi connectivity index (χ4v) is 3.96. The summed E-state index contributed by atoms with van der Waals surface area (Å²) in [6.07, 6.45) is 2.76. The number of benzene rings is 1. The maximum absolute atomic E-state index is 3.58. The van der Waals surface area contributed by atoms with Crippen molar-refractivity contribution < 1.29 is 0 Å². The van der Waals surface area contributed by atoms with Gasteiger partial charge in [-0.3, -0.25) is 4.90 Å². The van der Waals surface area contributed by atoms with Crippen molar-refractivity contribution >= 4 is 44.2 Å². The van der Waals surface area contributed by atoms with Crippen molar-refractivity contribution in [2.75, 3.05) is 31.1 Å². The number of rotatable bonds is 1. The van der Waals surface area contributed by atoms with E-state index in [1.807, 2.05) is 0 Å². The lowest BCUT2D eigenvalue weighted by Gasteiger charge is -2.39. The second-order valence-electron chi connectivity index (χ2n) is 4.87. The Kier molecular flexibility index (Phi) is 3.64. The topological polar surface area (TPSA) is 6.48 Å². The van der Waals surface area contributed by atoms with E-state index in [1.54, 1.807) is 0 Å². The molecule has 0 saturated carbocycles. The summed E-state index contributed by atoms with van der Waals surface area (Å²) in [5.74, 6) is 0. The molecule has 4 heteroatoms. The van der Waals surface area contributed by atoms with E-state index < -0.39 is 0 Å². The third kappa shape index (κ3) is 2.49. The van der Waals surface area contributed by atoms with Crippen LogP contribution in [-0.2, 0) is 0 Å². The number of hydrogen-bond donors (Lipinski definition) is 0. The number of piperazine rings is 1.